The van der Waals surface area contributed by atoms with E-state index in [0.717, 1.165) is 154 Å². The molecule has 0 rings (SSSR count). The summed E-state index contributed by atoms with van der Waals surface area (Å²) in [7, 11) is 5.90. The minimum absolute atomic E-state index is 0.130. The normalized spacial score (nSPS) is 14.0. The molecule has 9 nitrogen and oxygen atoms in total. The number of nitrogens with zero attached hydrogens (tertiary/aromatic N) is 1. The van der Waals surface area contributed by atoms with Gasteiger partial charge in [0, 0.05) is 12.8 Å². The number of ether oxygens (including phenoxy) is 4. The van der Waals surface area contributed by atoms with Crippen LogP contribution in [0.3, 0.4) is 0 Å². The van der Waals surface area contributed by atoms with Crippen LogP contribution in [-0.4, -0.2) is 82.3 Å². The minimum Gasteiger partial charge on any atom is -0.545 e. The van der Waals surface area contributed by atoms with Crippen molar-refractivity contribution in [1.82, 2.24) is 0 Å². The molecule has 0 aliphatic heterocycles. The smallest absolute Gasteiger partial charge is 0.306 e. The molecule has 0 aromatic heterocycles. The van der Waals surface area contributed by atoms with Crippen molar-refractivity contribution in [2.45, 2.75) is 219 Å². The summed E-state index contributed by atoms with van der Waals surface area (Å²) in [4.78, 5) is 37.4. The van der Waals surface area contributed by atoms with Gasteiger partial charge in [-0.25, -0.2) is 0 Å². The van der Waals surface area contributed by atoms with Gasteiger partial charge in [-0.2, -0.15) is 0 Å². The van der Waals surface area contributed by atoms with Crippen molar-refractivity contribution in [2.75, 3.05) is 47.5 Å². The zero-order valence-electron chi connectivity index (χ0n) is 52.7. The number of aliphatic carboxylic acids is 1. The van der Waals surface area contributed by atoms with Crippen molar-refractivity contribution in [1.29, 1.82) is 0 Å². The molecule has 0 aromatic carbocycles. The predicted octanol–water partition coefficient (Wildman–Crippen LogP) is 18.3. The first-order valence-corrected chi connectivity index (χ1v) is 31.9. The molecule has 83 heavy (non-hydrogen) atoms. The highest BCUT2D eigenvalue weighted by Crippen LogP contribution is 2.13. The molecule has 2 atom stereocenters. The molecule has 0 saturated heterocycles. The molecule has 0 aromatic rings. The van der Waals surface area contributed by atoms with E-state index in [9.17, 15) is 19.5 Å². The monoisotopic (exact) mass is 1150 g/mol. The lowest BCUT2D eigenvalue weighted by Crippen LogP contribution is -2.44. The Balaban J connectivity index is 4.32. The van der Waals surface area contributed by atoms with E-state index in [4.69, 9.17) is 18.9 Å². The third-order valence-corrected chi connectivity index (χ3v) is 12.6. The molecule has 2 unspecified atom stereocenters. The van der Waals surface area contributed by atoms with Crippen LogP contribution in [0.4, 0.5) is 0 Å². The standard InChI is InChI=1S/C74H115NO8/c1-6-8-10-12-14-16-18-20-22-24-26-28-30-31-32-33-34-35-36-37-38-39-40-41-43-45-47-49-51-53-55-57-59-61-63-65-72(77)83-70(69-82-74(73(78)79)80-67-66-75(3,4)5)68-81-71(76)64-62-60-58-56-54-52-50-48-46-44-42-29-27-25-23-21-19-17-15-13-11-9-7-2/h8-11,14-17,20-23,26-29,31-32,34-35,37-38,40-41,44-47,50,52,70,74H,6-7,12-13,18-19,24-25,30,33,36,39,42-43,48-49,51,53-69H2,1-5H3/b10-8-,11-9-,16-14-,17-15-,22-20-,23-21-,28-26-,29-27-,32-31-,35-34-,38-37-,41-40-,46-44-,47-45-,52-50-. The Hall–Kier alpha value is -5.61. The highest BCUT2D eigenvalue weighted by atomic mass is 16.7. The second-order valence-electron chi connectivity index (χ2n) is 21.6. The molecule has 0 aliphatic carbocycles. The van der Waals surface area contributed by atoms with Crippen molar-refractivity contribution in [3.63, 3.8) is 0 Å². The molecule has 0 amide bonds. The van der Waals surface area contributed by atoms with Gasteiger partial charge in [-0.15, -0.1) is 0 Å². The van der Waals surface area contributed by atoms with E-state index in [1.165, 1.54) is 12.8 Å². The molecule has 0 aliphatic rings. The van der Waals surface area contributed by atoms with Crippen LogP contribution in [0, 0.1) is 0 Å². The summed E-state index contributed by atoms with van der Waals surface area (Å²) in [5, 5.41) is 11.8. The van der Waals surface area contributed by atoms with E-state index in [1.807, 2.05) is 21.1 Å². The van der Waals surface area contributed by atoms with Crippen molar-refractivity contribution >= 4 is 17.9 Å². The Kier molecular flexibility index (Phi) is 58.2. The number of likely N-dealkylation sites (N-methyl/N-ethyl adjacent to an activating group) is 1. The van der Waals surface area contributed by atoms with Crippen LogP contribution in [0.1, 0.15) is 206 Å². The van der Waals surface area contributed by atoms with Gasteiger partial charge in [-0.3, -0.25) is 9.59 Å². The predicted molar refractivity (Wildman–Crippen MR) is 351 cm³/mol. The molecule has 464 valence electrons. The highest BCUT2D eigenvalue weighted by Gasteiger charge is 2.22. The van der Waals surface area contributed by atoms with Crippen LogP contribution in [-0.2, 0) is 33.3 Å². The van der Waals surface area contributed by atoms with Gasteiger partial charge in [0.1, 0.15) is 13.2 Å². The fraction of sp³-hybridized carbons (Fsp3) is 0.554. The van der Waals surface area contributed by atoms with Crippen molar-refractivity contribution < 1.29 is 42.9 Å². The quantitative estimate of drug-likeness (QED) is 0.0195. The maximum absolute atomic E-state index is 12.9. The molecule has 9 heteroatoms. The van der Waals surface area contributed by atoms with E-state index in [2.05, 4.69) is 196 Å². The summed E-state index contributed by atoms with van der Waals surface area (Å²) in [6, 6.07) is 0. The first-order valence-electron chi connectivity index (χ1n) is 31.9. The third-order valence-electron chi connectivity index (χ3n) is 12.6. The number of quaternary nitrogens is 1. The summed E-state index contributed by atoms with van der Waals surface area (Å²) >= 11 is 0. The molecular formula is C74H115NO8. The van der Waals surface area contributed by atoms with E-state index in [0.29, 0.717) is 23.9 Å². The molecule has 0 radical (unpaired) electrons. The van der Waals surface area contributed by atoms with Gasteiger partial charge in [0.15, 0.2) is 12.4 Å². The van der Waals surface area contributed by atoms with E-state index in [-0.39, 0.29) is 32.7 Å². The summed E-state index contributed by atoms with van der Waals surface area (Å²) < 4.78 is 22.7. The van der Waals surface area contributed by atoms with Gasteiger partial charge in [0.05, 0.1) is 40.3 Å². The third kappa shape index (κ3) is 63.8. The Morgan fingerprint density at radius 1 is 0.361 bits per heavy atom. The molecular weight excluding hydrogens is 1030 g/mol. The Morgan fingerprint density at radius 2 is 0.651 bits per heavy atom. The lowest BCUT2D eigenvalue weighted by Gasteiger charge is -2.26. The number of allylic oxidation sites excluding steroid dienone is 30. The topological polar surface area (TPSA) is 111 Å². The van der Waals surface area contributed by atoms with Gasteiger partial charge >= 0.3 is 11.9 Å². The van der Waals surface area contributed by atoms with Crippen molar-refractivity contribution in [3.8, 4) is 0 Å². The van der Waals surface area contributed by atoms with E-state index < -0.39 is 30.3 Å². The van der Waals surface area contributed by atoms with E-state index >= 15 is 0 Å². The first-order chi connectivity index (χ1) is 40.6. The SMILES string of the molecule is CC/C=C\C/C=C\C/C=C\C/C=C\C/C=C\C/C=C\C/C=C\C/C=C\C/C=C\CCCCCCCCCC(=O)OC(COC(=O)CCCCCC/C=C\C/C=C\C/C=C\C/C=C\C/C=C\C/C=C\CC)COC(OCC[N+](C)(C)C)C(=O)[O-]. The number of hydrogen-bond donors (Lipinski definition) is 0. The van der Waals surface area contributed by atoms with Crippen molar-refractivity contribution in [3.05, 3.63) is 182 Å². The zero-order valence-corrected chi connectivity index (χ0v) is 52.7. The molecule has 0 bridgehead atoms. The number of rotatable bonds is 56. The summed E-state index contributed by atoms with van der Waals surface area (Å²) in [5.74, 6) is -2.36. The fourth-order valence-corrected chi connectivity index (χ4v) is 7.82. The Labute approximate surface area is 507 Å². The number of hydrogen-bond acceptors (Lipinski definition) is 8. The molecule has 0 saturated carbocycles. The van der Waals surface area contributed by atoms with Gasteiger partial charge in [-0.1, -0.05) is 241 Å². The van der Waals surface area contributed by atoms with Gasteiger partial charge < -0.3 is 33.3 Å². The summed E-state index contributed by atoms with van der Waals surface area (Å²) in [6.45, 7) is 4.44. The van der Waals surface area contributed by atoms with Crippen LogP contribution in [0.15, 0.2) is 182 Å². The fourth-order valence-electron chi connectivity index (χ4n) is 7.82. The molecule has 0 N–H and O–H groups in total. The Morgan fingerprint density at radius 3 is 0.964 bits per heavy atom. The number of carbonyl (C=O) groups excluding carboxylic acids is 3. The lowest BCUT2D eigenvalue weighted by atomic mass is 10.1. The number of carbonyl (C=O) groups is 3. The lowest BCUT2D eigenvalue weighted by molar-refractivity contribution is -0.870. The molecule has 0 spiro atoms. The highest BCUT2D eigenvalue weighted by molar-refractivity contribution is 5.70. The summed E-state index contributed by atoms with van der Waals surface area (Å²) in [6.07, 6.45) is 92.3. The molecule has 0 fully saturated rings. The van der Waals surface area contributed by atoms with Gasteiger partial charge in [0.25, 0.3) is 0 Å². The molecule has 0 heterocycles. The average molecular weight is 1150 g/mol. The van der Waals surface area contributed by atoms with E-state index in [1.54, 1.807) is 0 Å². The number of unbranched alkanes of at least 4 members (excludes halogenated alkanes) is 11. The maximum Gasteiger partial charge on any atom is 0.306 e. The average Bonchev–Trinajstić information content (AvgIpc) is 3.46. The first kappa shape index (κ1) is 77.4. The van der Waals surface area contributed by atoms with Gasteiger partial charge in [0.2, 0.25) is 0 Å². The van der Waals surface area contributed by atoms with Crippen LogP contribution in [0.5, 0.6) is 0 Å². The van der Waals surface area contributed by atoms with Gasteiger partial charge in [-0.05, 0) is 135 Å². The van der Waals surface area contributed by atoms with Crippen LogP contribution < -0.4 is 5.11 Å². The largest absolute Gasteiger partial charge is 0.545 e. The second-order valence-corrected chi connectivity index (χ2v) is 21.6. The second kappa shape index (κ2) is 62.4. The van der Waals surface area contributed by atoms with Crippen molar-refractivity contribution in [2.24, 2.45) is 0 Å². The summed E-state index contributed by atoms with van der Waals surface area (Å²) in [5.41, 5.74) is 0. The zero-order chi connectivity index (χ0) is 60.5. The number of carboxylic acid groups (broad SMARTS) is 1. The van der Waals surface area contributed by atoms with Crippen LogP contribution in [0.2, 0.25) is 0 Å². The maximum atomic E-state index is 12.9. The van der Waals surface area contributed by atoms with Crippen LogP contribution in [0.25, 0.3) is 0 Å². The number of carboxylic acids is 1. The number of esters is 2. The Bertz CT molecular complexity index is 2010. The van der Waals surface area contributed by atoms with Crippen LogP contribution >= 0.6 is 0 Å². The minimum atomic E-state index is -1.64.